The van der Waals surface area contributed by atoms with Gasteiger partial charge in [0.2, 0.25) is 23.8 Å². The number of anilines is 4. The molecule has 4 aliphatic rings. The molecular weight excluding hydrogens is 476 g/mol. The third kappa shape index (κ3) is 5.63. The van der Waals surface area contributed by atoms with Crippen molar-refractivity contribution in [3.8, 4) is 0 Å². The Bertz CT molecular complexity index is 1080. The van der Waals surface area contributed by atoms with E-state index in [1.807, 2.05) is 11.0 Å². The topological polar surface area (TPSA) is 145 Å². The summed E-state index contributed by atoms with van der Waals surface area (Å²) >= 11 is 0. The lowest BCUT2D eigenvalue weighted by Gasteiger charge is -2.30. The Hall–Kier alpha value is -3.03. The molecule has 13 nitrogen and oxygen atoms in total. The molecule has 4 fully saturated rings. The summed E-state index contributed by atoms with van der Waals surface area (Å²) in [6.07, 6.45) is 4.90. The Labute approximate surface area is 216 Å². The molecular formula is C24H36N10O3. The number of aromatic amines is 1. The van der Waals surface area contributed by atoms with Gasteiger partial charge in [-0.05, 0) is 32.2 Å². The van der Waals surface area contributed by atoms with E-state index in [4.69, 9.17) is 24.4 Å². The van der Waals surface area contributed by atoms with Crippen molar-refractivity contribution in [3.05, 3.63) is 11.8 Å². The van der Waals surface area contributed by atoms with Gasteiger partial charge in [-0.2, -0.15) is 20.1 Å². The summed E-state index contributed by atoms with van der Waals surface area (Å²) in [4.78, 5) is 31.8. The highest BCUT2D eigenvalue weighted by Crippen LogP contribution is 2.39. The van der Waals surface area contributed by atoms with Gasteiger partial charge in [0.1, 0.15) is 6.04 Å². The van der Waals surface area contributed by atoms with Crippen LogP contribution < -0.4 is 25.8 Å². The van der Waals surface area contributed by atoms with Crippen molar-refractivity contribution in [2.75, 3.05) is 68.2 Å². The highest BCUT2D eigenvalue weighted by Gasteiger charge is 2.40. The highest BCUT2D eigenvalue weighted by atomic mass is 16.5. The summed E-state index contributed by atoms with van der Waals surface area (Å²) in [5, 5.41) is 17.4. The van der Waals surface area contributed by atoms with Crippen molar-refractivity contribution in [2.24, 2.45) is 0 Å². The number of hydrogen-bond acceptors (Lipinski definition) is 11. The van der Waals surface area contributed by atoms with Crippen LogP contribution >= 0.6 is 0 Å². The quantitative estimate of drug-likeness (QED) is 0.393. The van der Waals surface area contributed by atoms with Crippen LogP contribution in [0.15, 0.2) is 6.07 Å². The Morgan fingerprint density at radius 1 is 1.16 bits per heavy atom. The first-order chi connectivity index (χ1) is 18.2. The first-order valence-electron chi connectivity index (χ1n) is 13.4. The minimum Gasteiger partial charge on any atom is -0.380 e. The zero-order valence-corrected chi connectivity index (χ0v) is 21.3. The number of amides is 1. The van der Waals surface area contributed by atoms with Gasteiger partial charge < -0.3 is 35.2 Å². The fourth-order valence-electron chi connectivity index (χ4n) is 5.27. The summed E-state index contributed by atoms with van der Waals surface area (Å²) in [6.45, 7) is 4.93. The van der Waals surface area contributed by atoms with Crippen molar-refractivity contribution < 1.29 is 14.3 Å². The molecule has 1 unspecified atom stereocenters. The molecule has 1 amide bonds. The smallest absolute Gasteiger partial charge is 0.243 e. The van der Waals surface area contributed by atoms with Crippen LogP contribution in [-0.2, 0) is 14.3 Å². The van der Waals surface area contributed by atoms with Gasteiger partial charge in [0.15, 0.2) is 5.82 Å². The number of carbonyl (C=O) groups is 1. The van der Waals surface area contributed by atoms with Gasteiger partial charge in [-0.15, -0.1) is 0 Å². The number of piperidine rings is 1. The predicted molar refractivity (Wildman–Crippen MR) is 137 cm³/mol. The summed E-state index contributed by atoms with van der Waals surface area (Å²) in [5.74, 6) is 2.63. The fraction of sp³-hybridized carbons (Fsp3) is 0.708. The maximum atomic E-state index is 13.4. The molecule has 3 atom stereocenters. The molecule has 6 rings (SSSR count). The average molecular weight is 513 g/mol. The average Bonchev–Trinajstić information content (AvgIpc) is 3.52. The number of hydrogen-bond donors (Lipinski definition) is 4. The highest BCUT2D eigenvalue weighted by molar-refractivity contribution is 5.86. The van der Waals surface area contributed by atoms with E-state index >= 15 is 0 Å². The van der Waals surface area contributed by atoms with Gasteiger partial charge in [0.25, 0.3) is 0 Å². The molecule has 3 aliphatic heterocycles. The van der Waals surface area contributed by atoms with Crippen LogP contribution in [-0.4, -0.2) is 102 Å². The molecule has 3 saturated heterocycles. The van der Waals surface area contributed by atoms with Gasteiger partial charge in [-0.25, -0.2) is 0 Å². The minimum atomic E-state index is -0.425. The van der Waals surface area contributed by atoms with Crippen molar-refractivity contribution >= 4 is 29.6 Å². The molecule has 2 aromatic heterocycles. The van der Waals surface area contributed by atoms with Crippen molar-refractivity contribution in [3.63, 3.8) is 0 Å². The molecule has 0 aromatic carbocycles. The molecule has 13 heteroatoms. The number of carbonyl (C=O) groups excluding carboxylic acids is 1. The number of methoxy groups -OCH3 is 1. The lowest BCUT2D eigenvalue weighted by molar-refractivity contribution is -0.123. The number of nitrogens with one attached hydrogen (secondary N) is 4. The molecule has 2 aromatic rings. The number of H-pyrrole nitrogens is 1. The van der Waals surface area contributed by atoms with Crippen LogP contribution in [0.2, 0.25) is 0 Å². The SMILES string of the molecule is CO[C@H]1C[C@@H](C(=O)NC2CCCNC2)N(c2nc(Nc3cc(C4CC4)[nH]n3)nc(N3CCOCC3)n2)C1. The van der Waals surface area contributed by atoms with Gasteiger partial charge in [-0.1, -0.05) is 0 Å². The van der Waals surface area contributed by atoms with Crippen LogP contribution in [0.3, 0.4) is 0 Å². The fourth-order valence-corrected chi connectivity index (χ4v) is 5.27. The molecule has 0 bridgehead atoms. The monoisotopic (exact) mass is 512 g/mol. The third-order valence-electron chi connectivity index (χ3n) is 7.56. The van der Waals surface area contributed by atoms with Crippen LogP contribution in [0.4, 0.5) is 23.7 Å². The number of nitrogens with zero attached hydrogens (tertiary/aromatic N) is 6. The van der Waals surface area contributed by atoms with E-state index in [2.05, 4.69) is 31.0 Å². The lowest BCUT2D eigenvalue weighted by Crippen LogP contribution is -2.51. The van der Waals surface area contributed by atoms with Crippen LogP contribution in [0.1, 0.15) is 43.7 Å². The third-order valence-corrected chi connectivity index (χ3v) is 7.56. The Kier molecular flexibility index (Phi) is 7.07. The molecule has 200 valence electrons. The van der Waals surface area contributed by atoms with E-state index < -0.39 is 6.04 Å². The maximum absolute atomic E-state index is 13.4. The second-order valence-corrected chi connectivity index (χ2v) is 10.3. The first kappa shape index (κ1) is 24.3. The number of aromatic nitrogens is 5. The van der Waals surface area contributed by atoms with Crippen LogP contribution in [0.5, 0.6) is 0 Å². The zero-order chi connectivity index (χ0) is 25.2. The molecule has 1 saturated carbocycles. The number of morpholine rings is 1. The standard InChI is InChI=1S/C24H36N10O3/c1-36-17-11-19(21(35)26-16-3-2-6-25-13-16)34(14-17)24-29-22(27-20-12-18(31-32-20)15-4-5-15)28-23(30-24)33-7-9-37-10-8-33/h12,15-17,19,25H,2-11,13-14H2,1H3,(H,26,35)(H2,27,28,29,30,31,32)/t16?,17-,19-/m0/s1. The van der Waals surface area contributed by atoms with E-state index in [0.29, 0.717) is 68.8 Å². The van der Waals surface area contributed by atoms with E-state index in [1.54, 1.807) is 7.11 Å². The van der Waals surface area contributed by atoms with Crippen molar-refractivity contribution in [2.45, 2.75) is 56.2 Å². The Morgan fingerprint density at radius 2 is 2.00 bits per heavy atom. The molecule has 0 spiro atoms. The number of ether oxygens (including phenoxy) is 2. The van der Waals surface area contributed by atoms with Gasteiger partial charge in [0.05, 0.1) is 19.3 Å². The number of rotatable bonds is 8. The molecule has 1 aliphatic carbocycles. The van der Waals surface area contributed by atoms with Crippen molar-refractivity contribution in [1.29, 1.82) is 0 Å². The molecule has 0 radical (unpaired) electrons. The first-order valence-corrected chi connectivity index (χ1v) is 13.4. The molecule has 4 N–H and O–H groups in total. The van der Waals surface area contributed by atoms with E-state index in [0.717, 1.165) is 31.6 Å². The summed E-state index contributed by atoms with van der Waals surface area (Å²) in [5.41, 5.74) is 1.13. The normalized spacial score (nSPS) is 26.4. The van der Waals surface area contributed by atoms with Crippen LogP contribution in [0, 0.1) is 0 Å². The second kappa shape index (κ2) is 10.8. The van der Waals surface area contributed by atoms with E-state index in [9.17, 15) is 4.79 Å². The predicted octanol–water partition coefficient (Wildman–Crippen LogP) is 0.514. The largest absolute Gasteiger partial charge is 0.380 e. The van der Waals surface area contributed by atoms with Crippen molar-refractivity contribution in [1.82, 2.24) is 35.8 Å². The maximum Gasteiger partial charge on any atom is 0.243 e. The summed E-state index contributed by atoms with van der Waals surface area (Å²) in [6, 6.07) is 1.72. The van der Waals surface area contributed by atoms with E-state index in [1.165, 1.54) is 12.8 Å². The Morgan fingerprint density at radius 3 is 2.76 bits per heavy atom. The van der Waals surface area contributed by atoms with E-state index in [-0.39, 0.29) is 18.1 Å². The lowest BCUT2D eigenvalue weighted by atomic mass is 10.1. The summed E-state index contributed by atoms with van der Waals surface area (Å²) in [7, 11) is 1.68. The molecule has 37 heavy (non-hydrogen) atoms. The zero-order valence-electron chi connectivity index (χ0n) is 21.3. The van der Waals surface area contributed by atoms with Gasteiger partial charge >= 0.3 is 0 Å². The van der Waals surface area contributed by atoms with Gasteiger partial charge in [0, 0.05) is 63.4 Å². The molecule has 5 heterocycles. The summed E-state index contributed by atoms with van der Waals surface area (Å²) < 4.78 is 11.2. The van der Waals surface area contributed by atoms with Crippen LogP contribution in [0.25, 0.3) is 0 Å². The minimum absolute atomic E-state index is 0.0162. The Balaban J connectivity index is 1.28. The second-order valence-electron chi connectivity index (χ2n) is 10.3. The van der Waals surface area contributed by atoms with Gasteiger partial charge in [-0.3, -0.25) is 9.89 Å².